The Labute approximate surface area is 114 Å². The number of hydrogen-bond donors (Lipinski definition) is 1. The Morgan fingerprint density at radius 1 is 1.37 bits per heavy atom. The molecule has 5 heteroatoms. The number of aryl methyl sites for hydroxylation is 1. The molecule has 1 atom stereocenters. The molecule has 5 nitrogen and oxygen atoms in total. The fourth-order valence-electron chi connectivity index (χ4n) is 3.40. The SMILES string of the molecule is Cn1ccnc1C(=O)C1CCCN1C1CCNCC1. The van der Waals surface area contributed by atoms with Crippen molar-refractivity contribution in [1.82, 2.24) is 19.8 Å². The Kier molecular flexibility index (Phi) is 3.66. The molecule has 0 aliphatic carbocycles. The lowest BCUT2D eigenvalue weighted by Gasteiger charge is -2.35. The molecule has 104 valence electrons. The van der Waals surface area contributed by atoms with Crippen molar-refractivity contribution in [2.24, 2.45) is 7.05 Å². The topological polar surface area (TPSA) is 50.2 Å². The standard InChI is InChI=1S/C14H22N4O/c1-17-10-8-16-14(17)13(19)12-3-2-9-18(12)11-4-6-15-7-5-11/h8,10-12,15H,2-7,9H2,1H3. The number of hydrogen-bond acceptors (Lipinski definition) is 4. The second kappa shape index (κ2) is 5.43. The molecule has 0 spiro atoms. The van der Waals surface area contributed by atoms with Crippen LogP contribution in [0.4, 0.5) is 0 Å². The third kappa shape index (κ3) is 2.44. The monoisotopic (exact) mass is 262 g/mol. The summed E-state index contributed by atoms with van der Waals surface area (Å²) < 4.78 is 1.83. The van der Waals surface area contributed by atoms with Crippen molar-refractivity contribution in [2.75, 3.05) is 19.6 Å². The Morgan fingerprint density at radius 2 is 2.16 bits per heavy atom. The van der Waals surface area contributed by atoms with Crippen molar-refractivity contribution >= 4 is 5.78 Å². The third-order valence-electron chi connectivity index (χ3n) is 4.42. The normalized spacial score (nSPS) is 25.8. The maximum absolute atomic E-state index is 12.6. The summed E-state index contributed by atoms with van der Waals surface area (Å²) in [5.41, 5.74) is 0. The largest absolute Gasteiger partial charge is 0.332 e. The molecule has 2 aliphatic rings. The molecular formula is C14H22N4O. The maximum Gasteiger partial charge on any atom is 0.215 e. The third-order valence-corrected chi connectivity index (χ3v) is 4.42. The molecule has 1 aromatic rings. The molecule has 0 bridgehead atoms. The van der Waals surface area contributed by atoms with Crippen molar-refractivity contribution in [3.8, 4) is 0 Å². The first-order chi connectivity index (χ1) is 9.27. The van der Waals surface area contributed by atoms with Gasteiger partial charge in [0.2, 0.25) is 5.78 Å². The van der Waals surface area contributed by atoms with Crippen LogP contribution in [0.25, 0.3) is 0 Å². The highest BCUT2D eigenvalue weighted by molar-refractivity contribution is 5.97. The van der Waals surface area contributed by atoms with Crippen molar-refractivity contribution in [2.45, 2.75) is 37.8 Å². The zero-order valence-electron chi connectivity index (χ0n) is 11.5. The van der Waals surface area contributed by atoms with Gasteiger partial charge in [0.1, 0.15) is 0 Å². The van der Waals surface area contributed by atoms with E-state index in [4.69, 9.17) is 0 Å². The van der Waals surface area contributed by atoms with E-state index in [9.17, 15) is 4.79 Å². The summed E-state index contributed by atoms with van der Waals surface area (Å²) >= 11 is 0. The smallest absolute Gasteiger partial charge is 0.215 e. The summed E-state index contributed by atoms with van der Waals surface area (Å²) in [5, 5.41) is 3.39. The van der Waals surface area contributed by atoms with E-state index in [1.54, 1.807) is 6.20 Å². The molecule has 0 amide bonds. The van der Waals surface area contributed by atoms with Gasteiger partial charge in [0.25, 0.3) is 0 Å². The number of piperidine rings is 1. The van der Waals surface area contributed by atoms with Gasteiger partial charge in [0.15, 0.2) is 5.82 Å². The van der Waals surface area contributed by atoms with Gasteiger partial charge in [0, 0.05) is 25.5 Å². The predicted molar refractivity (Wildman–Crippen MR) is 73.2 cm³/mol. The highest BCUT2D eigenvalue weighted by Gasteiger charge is 2.37. The van der Waals surface area contributed by atoms with Crippen molar-refractivity contribution in [3.63, 3.8) is 0 Å². The van der Waals surface area contributed by atoms with E-state index in [1.165, 1.54) is 0 Å². The summed E-state index contributed by atoms with van der Waals surface area (Å²) in [5.74, 6) is 0.800. The van der Waals surface area contributed by atoms with Crippen LogP contribution in [0.5, 0.6) is 0 Å². The molecule has 1 unspecified atom stereocenters. The Morgan fingerprint density at radius 3 is 2.84 bits per heavy atom. The van der Waals surface area contributed by atoms with Gasteiger partial charge in [0.05, 0.1) is 6.04 Å². The van der Waals surface area contributed by atoms with Crippen LogP contribution in [0.15, 0.2) is 12.4 Å². The number of nitrogens with one attached hydrogen (secondary N) is 1. The van der Waals surface area contributed by atoms with Crippen LogP contribution in [0.1, 0.15) is 36.3 Å². The fraction of sp³-hybridized carbons (Fsp3) is 0.714. The van der Waals surface area contributed by atoms with E-state index >= 15 is 0 Å². The van der Waals surface area contributed by atoms with Crippen molar-refractivity contribution in [3.05, 3.63) is 18.2 Å². The number of carbonyl (C=O) groups is 1. The predicted octanol–water partition coefficient (Wildman–Crippen LogP) is 0.819. The van der Waals surface area contributed by atoms with Crippen molar-refractivity contribution < 1.29 is 4.79 Å². The van der Waals surface area contributed by atoms with Crippen LogP contribution in [-0.4, -0.2) is 52.0 Å². The average Bonchev–Trinajstić information content (AvgIpc) is 3.07. The second-order valence-corrected chi connectivity index (χ2v) is 5.60. The molecule has 1 N–H and O–H groups in total. The Balaban J connectivity index is 1.75. The molecule has 3 rings (SSSR count). The van der Waals surface area contributed by atoms with Crippen LogP contribution >= 0.6 is 0 Å². The number of carbonyl (C=O) groups excluding carboxylic acids is 1. The molecule has 0 saturated carbocycles. The van der Waals surface area contributed by atoms with Gasteiger partial charge < -0.3 is 9.88 Å². The molecule has 3 heterocycles. The van der Waals surface area contributed by atoms with Gasteiger partial charge in [-0.25, -0.2) is 4.98 Å². The van der Waals surface area contributed by atoms with E-state index in [1.807, 2.05) is 17.8 Å². The summed E-state index contributed by atoms with van der Waals surface area (Å²) in [6.45, 7) is 3.21. The first-order valence-electron chi connectivity index (χ1n) is 7.25. The maximum atomic E-state index is 12.6. The minimum Gasteiger partial charge on any atom is -0.332 e. The number of imidazole rings is 1. The van der Waals surface area contributed by atoms with E-state index < -0.39 is 0 Å². The number of rotatable bonds is 3. The van der Waals surface area contributed by atoms with E-state index in [0.717, 1.165) is 45.3 Å². The lowest BCUT2D eigenvalue weighted by molar-refractivity contribution is 0.0770. The number of ketones is 1. The zero-order chi connectivity index (χ0) is 13.2. The number of Topliss-reactive ketones (excluding diaryl/α,β-unsaturated/α-hetero) is 1. The molecule has 1 aromatic heterocycles. The first-order valence-corrected chi connectivity index (χ1v) is 7.25. The van der Waals surface area contributed by atoms with Gasteiger partial charge >= 0.3 is 0 Å². The van der Waals surface area contributed by atoms with Crippen LogP contribution in [-0.2, 0) is 7.05 Å². The summed E-state index contributed by atoms with van der Waals surface area (Å²) in [7, 11) is 1.89. The highest BCUT2D eigenvalue weighted by Crippen LogP contribution is 2.26. The minimum absolute atomic E-state index is 0.0456. The van der Waals surface area contributed by atoms with Crippen LogP contribution in [0.3, 0.4) is 0 Å². The lowest BCUT2D eigenvalue weighted by atomic mass is 10.0. The molecule has 19 heavy (non-hydrogen) atoms. The van der Waals surface area contributed by atoms with E-state index in [2.05, 4.69) is 15.2 Å². The average molecular weight is 262 g/mol. The first kappa shape index (κ1) is 12.8. The van der Waals surface area contributed by atoms with Crippen LogP contribution in [0, 0.1) is 0 Å². The zero-order valence-corrected chi connectivity index (χ0v) is 11.5. The van der Waals surface area contributed by atoms with Gasteiger partial charge in [-0.2, -0.15) is 0 Å². The van der Waals surface area contributed by atoms with Crippen LogP contribution in [0.2, 0.25) is 0 Å². The van der Waals surface area contributed by atoms with Gasteiger partial charge in [-0.3, -0.25) is 9.69 Å². The van der Waals surface area contributed by atoms with Crippen molar-refractivity contribution in [1.29, 1.82) is 0 Å². The van der Waals surface area contributed by atoms with E-state index in [0.29, 0.717) is 11.9 Å². The molecule has 0 aromatic carbocycles. The fourth-order valence-corrected chi connectivity index (χ4v) is 3.40. The number of nitrogens with zero attached hydrogens (tertiary/aromatic N) is 3. The molecular weight excluding hydrogens is 240 g/mol. The quantitative estimate of drug-likeness (QED) is 0.819. The summed E-state index contributed by atoms with van der Waals surface area (Å²) in [4.78, 5) is 19.3. The van der Waals surface area contributed by atoms with E-state index in [-0.39, 0.29) is 11.8 Å². The van der Waals surface area contributed by atoms with Gasteiger partial charge in [-0.1, -0.05) is 0 Å². The Bertz CT molecular complexity index is 450. The van der Waals surface area contributed by atoms with Gasteiger partial charge in [-0.05, 0) is 45.3 Å². The molecule has 2 aliphatic heterocycles. The molecule has 0 radical (unpaired) electrons. The Hall–Kier alpha value is -1.20. The van der Waals surface area contributed by atoms with Gasteiger partial charge in [-0.15, -0.1) is 0 Å². The molecule has 2 saturated heterocycles. The number of aromatic nitrogens is 2. The minimum atomic E-state index is 0.0456. The van der Waals surface area contributed by atoms with Crippen LogP contribution < -0.4 is 5.32 Å². The highest BCUT2D eigenvalue weighted by atomic mass is 16.1. The number of likely N-dealkylation sites (tertiary alicyclic amines) is 1. The summed E-state index contributed by atoms with van der Waals surface area (Å²) in [6.07, 6.45) is 7.98. The second-order valence-electron chi connectivity index (χ2n) is 5.60. The summed E-state index contributed by atoms with van der Waals surface area (Å²) in [6, 6.07) is 0.613. The lowest BCUT2D eigenvalue weighted by Crippen LogP contribution is -2.48. The molecule has 2 fully saturated rings.